The molecular formula is C26H24F2N4Pt. The minimum Gasteiger partial charge on any atom is -0.300 e. The Morgan fingerprint density at radius 1 is 0.909 bits per heavy atom. The summed E-state index contributed by atoms with van der Waals surface area (Å²) in [7, 11) is 0. The summed E-state index contributed by atoms with van der Waals surface area (Å²) in [6.07, 6.45) is 3.55. The van der Waals surface area contributed by atoms with Crippen LogP contribution in [0.2, 0.25) is 0 Å². The van der Waals surface area contributed by atoms with Gasteiger partial charge in [-0.25, -0.2) is 6.07 Å². The third kappa shape index (κ3) is 5.11. The molecule has 0 radical (unpaired) electrons. The van der Waals surface area contributed by atoms with Crippen LogP contribution < -0.4 is 0 Å². The normalized spacial score (nSPS) is 11.8. The average molecular weight is 626 g/mol. The molecule has 0 saturated carbocycles. The number of hydrogen-bond acceptors (Lipinski definition) is 3. The van der Waals surface area contributed by atoms with Gasteiger partial charge in [0.1, 0.15) is 0 Å². The summed E-state index contributed by atoms with van der Waals surface area (Å²) < 4.78 is 29.3. The molecule has 7 heteroatoms. The second-order valence-electron chi connectivity index (χ2n) is 9.29. The molecule has 0 saturated heterocycles. The zero-order chi connectivity index (χ0) is 23.1. The third-order valence-corrected chi connectivity index (χ3v) is 5.44. The van der Waals surface area contributed by atoms with Gasteiger partial charge >= 0.3 is 21.1 Å². The van der Waals surface area contributed by atoms with E-state index < -0.39 is 17.0 Å². The Labute approximate surface area is 207 Å². The van der Waals surface area contributed by atoms with E-state index in [4.69, 9.17) is 5.10 Å². The smallest absolute Gasteiger partial charge is 0.300 e. The van der Waals surface area contributed by atoms with E-state index in [2.05, 4.69) is 42.9 Å². The number of hydrogen-bond donors (Lipinski definition) is 0. The van der Waals surface area contributed by atoms with Gasteiger partial charge in [-0.2, -0.15) is 11.2 Å². The van der Waals surface area contributed by atoms with Crippen molar-refractivity contribution in [3.05, 3.63) is 95.7 Å². The Bertz CT molecular complexity index is 1280. The fourth-order valence-corrected chi connectivity index (χ4v) is 3.40. The Balaban J connectivity index is 0.00000306. The maximum absolute atomic E-state index is 14.3. The van der Waals surface area contributed by atoms with E-state index in [-0.39, 0.29) is 32.0 Å². The largest absolute Gasteiger partial charge is 2.00 e. The van der Waals surface area contributed by atoms with Gasteiger partial charge in [-0.3, -0.25) is 18.4 Å². The first-order chi connectivity index (χ1) is 15.1. The van der Waals surface area contributed by atoms with Gasteiger partial charge in [-0.1, -0.05) is 50.7 Å². The summed E-state index contributed by atoms with van der Waals surface area (Å²) in [6, 6.07) is 17.0. The SMILES string of the molecule is CC(C)(C)c1cc(-n2ccc(C(C)(C)c3cccc(-c4[c-]cc(F)cc4F)n3)n2)[c-]cn1.[Pt+2]. The van der Waals surface area contributed by atoms with Gasteiger partial charge in [0.05, 0.1) is 11.1 Å². The fourth-order valence-electron chi connectivity index (χ4n) is 3.40. The van der Waals surface area contributed by atoms with Crippen LogP contribution in [0.25, 0.3) is 16.9 Å². The van der Waals surface area contributed by atoms with Crippen molar-refractivity contribution in [2.75, 3.05) is 0 Å². The number of nitrogens with zero attached hydrogens (tertiary/aromatic N) is 4. The summed E-state index contributed by atoms with van der Waals surface area (Å²) in [5, 5.41) is 4.77. The van der Waals surface area contributed by atoms with Crippen LogP contribution in [-0.2, 0) is 31.9 Å². The standard InChI is InChI=1S/C26H24F2N4.Pt/c1-25(2,3)24-16-18(11-13-29-24)32-14-12-23(31-32)26(4,5)22-8-6-7-21(30-22)19-10-9-17(27)15-20(19)28;/h6-9,12-16H,1-5H3;/q-2;+2. The van der Waals surface area contributed by atoms with Crippen LogP contribution in [0.15, 0.2) is 54.9 Å². The van der Waals surface area contributed by atoms with Crippen LogP contribution in [0.1, 0.15) is 51.7 Å². The molecule has 4 nitrogen and oxygen atoms in total. The van der Waals surface area contributed by atoms with Crippen LogP contribution in [0.3, 0.4) is 0 Å². The minimum absolute atomic E-state index is 0. The molecular weight excluding hydrogens is 601 g/mol. The topological polar surface area (TPSA) is 43.6 Å². The van der Waals surface area contributed by atoms with Crippen molar-refractivity contribution >= 4 is 0 Å². The molecule has 0 aliphatic heterocycles. The van der Waals surface area contributed by atoms with Crippen LogP contribution in [-0.4, -0.2) is 19.7 Å². The quantitative estimate of drug-likeness (QED) is 0.268. The van der Waals surface area contributed by atoms with E-state index in [1.165, 1.54) is 0 Å². The molecule has 33 heavy (non-hydrogen) atoms. The Morgan fingerprint density at radius 3 is 2.36 bits per heavy atom. The van der Waals surface area contributed by atoms with Crippen molar-refractivity contribution in [3.8, 4) is 16.9 Å². The Kier molecular flexibility index (Phi) is 6.99. The first-order valence-corrected chi connectivity index (χ1v) is 10.3. The van der Waals surface area contributed by atoms with Crippen LogP contribution in [0, 0.1) is 23.8 Å². The van der Waals surface area contributed by atoms with Gasteiger partial charge in [-0.15, -0.1) is 17.8 Å². The Hall–Kier alpha value is -2.72. The molecule has 3 aromatic heterocycles. The number of aromatic nitrogens is 4. The van der Waals surface area contributed by atoms with Gasteiger partial charge in [0.15, 0.2) is 0 Å². The summed E-state index contributed by atoms with van der Waals surface area (Å²) in [6.45, 7) is 10.3. The van der Waals surface area contributed by atoms with Gasteiger partial charge in [-0.05, 0) is 42.8 Å². The van der Waals surface area contributed by atoms with Crippen molar-refractivity contribution in [2.45, 2.75) is 45.4 Å². The van der Waals surface area contributed by atoms with Crippen molar-refractivity contribution in [2.24, 2.45) is 0 Å². The van der Waals surface area contributed by atoms with Gasteiger partial charge in [0, 0.05) is 23.5 Å². The first-order valence-electron chi connectivity index (χ1n) is 10.3. The fraction of sp³-hybridized carbons (Fsp3) is 0.269. The van der Waals surface area contributed by atoms with Crippen molar-refractivity contribution in [3.63, 3.8) is 0 Å². The summed E-state index contributed by atoms with van der Waals surface area (Å²) >= 11 is 0. The van der Waals surface area contributed by atoms with E-state index in [1.807, 2.05) is 38.2 Å². The third-order valence-electron chi connectivity index (χ3n) is 5.44. The van der Waals surface area contributed by atoms with Gasteiger partial charge < -0.3 is 4.98 Å². The van der Waals surface area contributed by atoms with Crippen molar-refractivity contribution in [1.82, 2.24) is 19.7 Å². The van der Waals surface area contributed by atoms with E-state index in [9.17, 15) is 8.78 Å². The van der Waals surface area contributed by atoms with E-state index in [1.54, 1.807) is 23.0 Å². The number of rotatable bonds is 4. The molecule has 0 spiro atoms. The van der Waals surface area contributed by atoms with Crippen molar-refractivity contribution < 1.29 is 29.8 Å². The Morgan fingerprint density at radius 2 is 1.67 bits per heavy atom. The van der Waals surface area contributed by atoms with Gasteiger partial charge in [0.25, 0.3) is 0 Å². The molecule has 172 valence electrons. The van der Waals surface area contributed by atoms with Gasteiger partial charge in [0.2, 0.25) is 0 Å². The number of benzene rings is 1. The molecule has 4 rings (SSSR count). The molecule has 3 heterocycles. The second kappa shape index (κ2) is 9.26. The summed E-state index contributed by atoms with van der Waals surface area (Å²) in [5.41, 5.74) is 3.15. The average Bonchev–Trinajstić information content (AvgIpc) is 3.25. The molecule has 0 atom stereocenters. The molecule has 1 aromatic carbocycles. The van der Waals surface area contributed by atoms with Crippen molar-refractivity contribution in [1.29, 1.82) is 0 Å². The maximum atomic E-state index is 14.3. The second-order valence-corrected chi connectivity index (χ2v) is 9.29. The number of pyridine rings is 2. The predicted molar refractivity (Wildman–Crippen MR) is 119 cm³/mol. The monoisotopic (exact) mass is 625 g/mol. The molecule has 0 amide bonds. The molecule has 0 unspecified atom stereocenters. The zero-order valence-corrected chi connectivity index (χ0v) is 21.3. The van der Waals surface area contributed by atoms with E-state index in [0.29, 0.717) is 11.4 Å². The molecule has 0 fully saturated rings. The molecule has 0 N–H and O–H groups in total. The maximum Gasteiger partial charge on any atom is 2.00 e. The molecule has 0 bridgehead atoms. The summed E-state index contributed by atoms with van der Waals surface area (Å²) in [4.78, 5) is 9.08. The van der Waals surface area contributed by atoms with Crippen LogP contribution in [0.4, 0.5) is 8.78 Å². The molecule has 4 aromatic rings. The first kappa shape index (κ1) is 24.9. The molecule has 0 aliphatic rings. The molecule has 0 aliphatic carbocycles. The van der Waals surface area contributed by atoms with Crippen LogP contribution in [0.5, 0.6) is 0 Å². The van der Waals surface area contributed by atoms with E-state index in [0.717, 1.165) is 29.2 Å². The zero-order valence-electron chi connectivity index (χ0n) is 19.1. The summed E-state index contributed by atoms with van der Waals surface area (Å²) in [5.74, 6) is -1.37. The van der Waals surface area contributed by atoms with E-state index >= 15 is 0 Å². The predicted octanol–water partition coefficient (Wildman–Crippen LogP) is 5.83. The number of halogens is 2. The minimum atomic E-state index is -0.695. The van der Waals surface area contributed by atoms with Crippen LogP contribution >= 0.6 is 0 Å².